The molecule has 0 unspecified atom stereocenters. The van der Waals surface area contributed by atoms with Crippen LogP contribution in [0.4, 0.5) is 5.69 Å². The summed E-state index contributed by atoms with van der Waals surface area (Å²) in [4.78, 5) is 0. The number of anilines is 1. The Kier molecular flexibility index (Phi) is 2.88. The van der Waals surface area contributed by atoms with Gasteiger partial charge >= 0.3 is 0 Å². The fourth-order valence-electron chi connectivity index (χ4n) is 1.68. The van der Waals surface area contributed by atoms with Gasteiger partial charge in [-0.15, -0.1) is 10.2 Å². The summed E-state index contributed by atoms with van der Waals surface area (Å²) in [6.07, 6.45) is 2.97. The second-order valence-electron chi connectivity index (χ2n) is 4.48. The maximum absolute atomic E-state index is 5.59. The van der Waals surface area contributed by atoms with Crippen LogP contribution in [0.3, 0.4) is 0 Å². The lowest BCUT2D eigenvalue weighted by Gasteiger charge is -2.04. The van der Waals surface area contributed by atoms with Gasteiger partial charge in [-0.1, -0.05) is 0 Å². The maximum atomic E-state index is 5.59. The van der Waals surface area contributed by atoms with Gasteiger partial charge in [0.1, 0.15) is 5.75 Å². The summed E-state index contributed by atoms with van der Waals surface area (Å²) in [5, 5.41) is 8.03. The number of rotatable bonds is 5. The number of nitrogens with zero attached hydrogens (tertiary/aromatic N) is 2. The minimum atomic E-state index is 0.504. The first-order valence-corrected chi connectivity index (χ1v) is 6.12. The molecule has 0 spiro atoms. The van der Waals surface area contributed by atoms with E-state index >= 15 is 0 Å². The molecule has 94 valence electrons. The Bertz CT molecular complexity index is 517. The molecule has 0 aliphatic heterocycles. The van der Waals surface area contributed by atoms with E-state index in [-0.39, 0.29) is 0 Å². The van der Waals surface area contributed by atoms with Gasteiger partial charge in [-0.25, -0.2) is 0 Å². The van der Waals surface area contributed by atoms with Crippen molar-refractivity contribution in [3.63, 3.8) is 0 Å². The highest BCUT2D eigenvalue weighted by molar-refractivity contribution is 5.41. The third-order valence-electron chi connectivity index (χ3n) is 2.87. The number of aromatic nitrogens is 2. The van der Waals surface area contributed by atoms with Crippen LogP contribution in [0.2, 0.25) is 0 Å². The number of ether oxygens (including phenoxy) is 1. The second kappa shape index (κ2) is 4.68. The lowest BCUT2D eigenvalue weighted by atomic mass is 10.3. The molecule has 0 radical (unpaired) electrons. The van der Waals surface area contributed by atoms with Crippen molar-refractivity contribution in [2.45, 2.75) is 25.2 Å². The highest BCUT2D eigenvalue weighted by atomic mass is 16.5. The Hall–Kier alpha value is -2.04. The van der Waals surface area contributed by atoms with Crippen LogP contribution in [-0.2, 0) is 6.42 Å². The minimum absolute atomic E-state index is 0.504. The van der Waals surface area contributed by atoms with Crippen LogP contribution in [-0.4, -0.2) is 16.8 Å². The van der Waals surface area contributed by atoms with Crippen LogP contribution in [0.1, 0.15) is 30.5 Å². The molecular formula is C13H15N3O2. The Morgan fingerprint density at radius 3 is 2.72 bits per heavy atom. The second-order valence-corrected chi connectivity index (χ2v) is 4.48. The molecule has 1 aliphatic carbocycles. The average molecular weight is 245 g/mol. The molecule has 2 aromatic rings. The van der Waals surface area contributed by atoms with E-state index in [1.165, 1.54) is 12.8 Å². The topological polar surface area (TPSA) is 74.2 Å². The molecule has 1 fully saturated rings. The summed E-state index contributed by atoms with van der Waals surface area (Å²) in [7, 11) is 0. The van der Waals surface area contributed by atoms with Gasteiger partial charge in [0, 0.05) is 11.6 Å². The maximum Gasteiger partial charge on any atom is 0.219 e. The first-order valence-electron chi connectivity index (χ1n) is 6.12. The Labute approximate surface area is 105 Å². The zero-order chi connectivity index (χ0) is 12.4. The molecule has 1 aliphatic rings. The highest BCUT2D eigenvalue weighted by Crippen LogP contribution is 2.38. The van der Waals surface area contributed by atoms with E-state index < -0.39 is 0 Å². The van der Waals surface area contributed by atoms with Crippen molar-refractivity contribution in [2.24, 2.45) is 0 Å². The molecule has 2 N–H and O–H groups in total. The molecule has 1 saturated carbocycles. The predicted molar refractivity (Wildman–Crippen MR) is 66.3 cm³/mol. The van der Waals surface area contributed by atoms with E-state index in [1.807, 2.05) is 24.3 Å². The van der Waals surface area contributed by atoms with Crippen molar-refractivity contribution in [1.82, 2.24) is 10.2 Å². The van der Waals surface area contributed by atoms with Crippen molar-refractivity contribution in [2.75, 3.05) is 12.3 Å². The zero-order valence-corrected chi connectivity index (χ0v) is 10.0. The van der Waals surface area contributed by atoms with E-state index in [2.05, 4.69) is 10.2 Å². The minimum Gasteiger partial charge on any atom is -0.493 e. The number of hydrogen-bond donors (Lipinski definition) is 1. The summed E-state index contributed by atoms with van der Waals surface area (Å²) in [6.45, 7) is 0.524. The number of benzene rings is 1. The van der Waals surface area contributed by atoms with Crippen molar-refractivity contribution in [1.29, 1.82) is 0 Å². The molecule has 3 rings (SSSR count). The fourth-order valence-corrected chi connectivity index (χ4v) is 1.68. The van der Waals surface area contributed by atoms with Crippen LogP contribution in [0.5, 0.6) is 5.75 Å². The monoisotopic (exact) mass is 245 g/mol. The third-order valence-corrected chi connectivity index (χ3v) is 2.87. The molecule has 1 aromatic heterocycles. The third kappa shape index (κ3) is 2.61. The van der Waals surface area contributed by atoms with Gasteiger partial charge in [0.05, 0.1) is 13.0 Å². The number of nitrogen functional groups attached to an aromatic ring is 1. The summed E-state index contributed by atoms with van der Waals surface area (Å²) in [5.74, 6) is 2.72. The first kappa shape index (κ1) is 11.1. The number of nitrogens with two attached hydrogens (primary N) is 1. The van der Waals surface area contributed by atoms with Crippen molar-refractivity contribution >= 4 is 5.69 Å². The molecule has 5 heteroatoms. The summed E-state index contributed by atoms with van der Waals surface area (Å²) in [5.41, 5.74) is 6.32. The van der Waals surface area contributed by atoms with E-state index in [4.69, 9.17) is 14.9 Å². The van der Waals surface area contributed by atoms with Crippen LogP contribution >= 0.6 is 0 Å². The highest BCUT2D eigenvalue weighted by Gasteiger charge is 2.29. The molecule has 0 atom stereocenters. The molecule has 18 heavy (non-hydrogen) atoms. The summed E-state index contributed by atoms with van der Waals surface area (Å²) in [6, 6.07) is 7.32. The lowest BCUT2D eigenvalue weighted by Crippen LogP contribution is -2.01. The molecular weight excluding hydrogens is 230 g/mol. The normalized spacial score (nSPS) is 14.7. The van der Waals surface area contributed by atoms with Gasteiger partial charge in [0.2, 0.25) is 11.8 Å². The van der Waals surface area contributed by atoms with E-state index in [0.717, 1.165) is 17.3 Å². The Balaban J connectivity index is 1.49. The van der Waals surface area contributed by atoms with Gasteiger partial charge in [0.25, 0.3) is 0 Å². The average Bonchev–Trinajstić information content (AvgIpc) is 3.12. The van der Waals surface area contributed by atoms with E-state index in [1.54, 1.807) is 0 Å². The molecule has 5 nitrogen and oxygen atoms in total. The van der Waals surface area contributed by atoms with Crippen LogP contribution < -0.4 is 10.5 Å². The zero-order valence-electron chi connectivity index (χ0n) is 10.0. The van der Waals surface area contributed by atoms with Gasteiger partial charge in [-0.3, -0.25) is 0 Å². The van der Waals surface area contributed by atoms with Crippen molar-refractivity contribution in [3.05, 3.63) is 36.0 Å². The van der Waals surface area contributed by atoms with Gasteiger partial charge < -0.3 is 14.9 Å². The fraction of sp³-hybridized carbons (Fsp3) is 0.385. The quantitative estimate of drug-likeness (QED) is 0.817. The van der Waals surface area contributed by atoms with Crippen molar-refractivity contribution < 1.29 is 9.15 Å². The van der Waals surface area contributed by atoms with Crippen LogP contribution in [0.25, 0.3) is 0 Å². The smallest absolute Gasteiger partial charge is 0.219 e. The van der Waals surface area contributed by atoms with E-state index in [9.17, 15) is 0 Å². The van der Waals surface area contributed by atoms with Gasteiger partial charge in [0.15, 0.2) is 0 Å². The van der Waals surface area contributed by atoms with Gasteiger partial charge in [-0.05, 0) is 37.1 Å². The lowest BCUT2D eigenvalue weighted by molar-refractivity contribution is 0.304. The molecule has 1 heterocycles. The SMILES string of the molecule is Nc1ccc(OCCc2nnc(C3CC3)o2)cc1. The predicted octanol–water partition coefficient (Wildman–Crippen LogP) is 2.15. The molecule has 1 aromatic carbocycles. The molecule has 0 bridgehead atoms. The first-order chi connectivity index (χ1) is 8.81. The van der Waals surface area contributed by atoms with Crippen LogP contribution in [0.15, 0.2) is 28.7 Å². The largest absolute Gasteiger partial charge is 0.493 e. The Morgan fingerprint density at radius 2 is 2.00 bits per heavy atom. The summed E-state index contributed by atoms with van der Waals surface area (Å²) < 4.78 is 11.1. The Morgan fingerprint density at radius 1 is 1.22 bits per heavy atom. The number of hydrogen-bond acceptors (Lipinski definition) is 5. The summed E-state index contributed by atoms with van der Waals surface area (Å²) >= 11 is 0. The van der Waals surface area contributed by atoms with Crippen LogP contribution in [0, 0.1) is 0 Å². The van der Waals surface area contributed by atoms with E-state index in [0.29, 0.717) is 24.8 Å². The van der Waals surface area contributed by atoms with Gasteiger partial charge in [-0.2, -0.15) is 0 Å². The molecule has 0 saturated heterocycles. The van der Waals surface area contributed by atoms with Crippen molar-refractivity contribution in [3.8, 4) is 5.75 Å². The molecule has 0 amide bonds. The standard InChI is InChI=1S/C13H15N3O2/c14-10-3-5-11(6-4-10)17-8-7-12-15-16-13(18-12)9-1-2-9/h3-6,9H,1-2,7-8,14H2.